The van der Waals surface area contributed by atoms with Gasteiger partial charge in [-0.1, -0.05) is 6.07 Å². The van der Waals surface area contributed by atoms with Crippen LogP contribution in [0.3, 0.4) is 0 Å². The van der Waals surface area contributed by atoms with Gasteiger partial charge in [-0.3, -0.25) is 4.79 Å². The third-order valence-corrected chi connectivity index (χ3v) is 3.73. The van der Waals surface area contributed by atoms with Crippen molar-refractivity contribution in [2.75, 3.05) is 12.4 Å². The van der Waals surface area contributed by atoms with Gasteiger partial charge in [-0.05, 0) is 52.3 Å². The Morgan fingerprint density at radius 2 is 1.86 bits per heavy atom. The van der Waals surface area contributed by atoms with Crippen LogP contribution in [0.4, 0.5) is 10.5 Å². The molecule has 2 amide bonds. The second-order valence-electron chi connectivity index (χ2n) is 7.48. The molecule has 1 atom stereocenters. The standard InChI is InChI=1S/C21H27N3O5/c1-13-7-9-16(11-17(13)27-6)28-18-10-8-15(12-22-18)24-19(25)14(2)23-20(26)29-21(3,4)5/h7-12,14H,1-6H3,(H,23,26)(H,24,25). The number of pyridine rings is 1. The third-order valence-electron chi connectivity index (χ3n) is 3.73. The molecule has 2 rings (SSSR count). The predicted octanol–water partition coefficient (Wildman–Crippen LogP) is 4.04. The molecule has 0 aliphatic carbocycles. The molecule has 0 saturated carbocycles. The number of alkyl carbamates (subject to hydrolysis) is 1. The molecule has 0 bridgehead atoms. The van der Waals surface area contributed by atoms with Gasteiger partial charge >= 0.3 is 6.09 Å². The molecule has 8 nitrogen and oxygen atoms in total. The van der Waals surface area contributed by atoms with Crippen LogP contribution in [0.25, 0.3) is 0 Å². The maximum absolute atomic E-state index is 12.2. The molecule has 0 radical (unpaired) electrons. The van der Waals surface area contributed by atoms with Gasteiger partial charge in [0.1, 0.15) is 23.1 Å². The molecular weight excluding hydrogens is 374 g/mol. The lowest BCUT2D eigenvalue weighted by Gasteiger charge is -2.21. The Labute approximate surface area is 170 Å². The lowest BCUT2D eigenvalue weighted by molar-refractivity contribution is -0.117. The SMILES string of the molecule is COc1cc(Oc2ccc(NC(=O)C(C)NC(=O)OC(C)(C)C)cn2)ccc1C. The average molecular weight is 401 g/mol. The molecule has 1 aromatic heterocycles. The van der Waals surface area contributed by atoms with Gasteiger partial charge < -0.3 is 24.8 Å². The van der Waals surface area contributed by atoms with Crippen LogP contribution in [0.15, 0.2) is 36.5 Å². The van der Waals surface area contributed by atoms with Gasteiger partial charge in [0.25, 0.3) is 0 Å². The molecule has 1 aromatic carbocycles. The fourth-order valence-electron chi connectivity index (χ4n) is 2.30. The minimum absolute atomic E-state index is 0.369. The van der Waals surface area contributed by atoms with E-state index in [2.05, 4.69) is 15.6 Å². The number of ether oxygens (including phenoxy) is 3. The van der Waals surface area contributed by atoms with Gasteiger partial charge in [-0.25, -0.2) is 9.78 Å². The van der Waals surface area contributed by atoms with Crippen molar-refractivity contribution in [2.45, 2.75) is 46.3 Å². The quantitative estimate of drug-likeness (QED) is 0.758. The second kappa shape index (κ2) is 9.27. The van der Waals surface area contributed by atoms with Crippen LogP contribution < -0.4 is 20.1 Å². The van der Waals surface area contributed by atoms with E-state index in [-0.39, 0.29) is 0 Å². The number of aryl methyl sites for hydroxylation is 1. The number of anilines is 1. The summed E-state index contributed by atoms with van der Waals surface area (Å²) in [6.45, 7) is 8.75. The van der Waals surface area contributed by atoms with Crippen molar-refractivity contribution >= 4 is 17.7 Å². The summed E-state index contributed by atoms with van der Waals surface area (Å²) in [4.78, 5) is 28.2. The highest BCUT2D eigenvalue weighted by molar-refractivity contribution is 5.96. The highest BCUT2D eigenvalue weighted by Gasteiger charge is 2.21. The van der Waals surface area contributed by atoms with Crippen LogP contribution in [0.5, 0.6) is 17.4 Å². The number of benzene rings is 1. The van der Waals surface area contributed by atoms with Crippen LogP contribution in [0.2, 0.25) is 0 Å². The molecule has 8 heteroatoms. The minimum Gasteiger partial charge on any atom is -0.496 e. The molecule has 0 aliphatic heterocycles. The molecule has 29 heavy (non-hydrogen) atoms. The highest BCUT2D eigenvalue weighted by Crippen LogP contribution is 2.27. The zero-order valence-corrected chi connectivity index (χ0v) is 17.5. The number of nitrogens with one attached hydrogen (secondary N) is 2. The molecular formula is C21H27N3O5. The smallest absolute Gasteiger partial charge is 0.408 e. The first kappa shape index (κ1) is 22.0. The summed E-state index contributed by atoms with van der Waals surface area (Å²) in [5.41, 5.74) is 0.836. The largest absolute Gasteiger partial charge is 0.496 e. The van der Waals surface area contributed by atoms with E-state index >= 15 is 0 Å². The summed E-state index contributed by atoms with van der Waals surface area (Å²) in [5, 5.41) is 5.17. The number of aromatic nitrogens is 1. The Bertz CT molecular complexity index is 860. The van der Waals surface area contributed by atoms with E-state index in [0.29, 0.717) is 17.3 Å². The third kappa shape index (κ3) is 6.99. The Balaban J connectivity index is 1.93. The topological polar surface area (TPSA) is 98.8 Å². The Kier molecular flexibility index (Phi) is 7.03. The van der Waals surface area contributed by atoms with E-state index in [0.717, 1.165) is 11.3 Å². The van der Waals surface area contributed by atoms with Gasteiger partial charge in [-0.15, -0.1) is 0 Å². The zero-order chi connectivity index (χ0) is 21.6. The number of amides is 2. The average Bonchev–Trinajstić information content (AvgIpc) is 2.63. The summed E-state index contributed by atoms with van der Waals surface area (Å²) in [6, 6.07) is 8.00. The second-order valence-corrected chi connectivity index (χ2v) is 7.48. The van der Waals surface area contributed by atoms with Crippen LogP contribution >= 0.6 is 0 Å². The van der Waals surface area contributed by atoms with Crippen molar-refractivity contribution < 1.29 is 23.8 Å². The van der Waals surface area contributed by atoms with E-state index in [1.807, 2.05) is 19.1 Å². The Morgan fingerprint density at radius 3 is 2.45 bits per heavy atom. The van der Waals surface area contributed by atoms with Crippen LogP contribution in [0, 0.1) is 6.92 Å². The number of hydrogen-bond donors (Lipinski definition) is 2. The van der Waals surface area contributed by atoms with Crippen LogP contribution in [-0.4, -0.2) is 35.7 Å². The number of hydrogen-bond acceptors (Lipinski definition) is 6. The number of carbonyl (C=O) groups is 2. The first-order valence-corrected chi connectivity index (χ1v) is 9.16. The molecule has 1 heterocycles. The van der Waals surface area contributed by atoms with Gasteiger partial charge in [0.15, 0.2) is 0 Å². The molecule has 156 valence electrons. The molecule has 0 fully saturated rings. The Morgan fingerprint density at radius 1 is 1.14 bits per heavy atom. The summed E-state index contributed by atoms with van der Waals surface area (Å²) in [6.07, 6.45) is 0.814. The highest BCUT2D eigenvalue weighted by atomic mass is 16.6. The van der Waals surface area contributed by atoms with E-state index in [1.165, 1.54) is 6.20 Å². The maximum Gasteiger partial charge on any atom is 0.408 e. The monoisotopic (exact) mass is 401 g/mol. The summed E-state index contributed by atoms with van der Waals surface area (Å²) in [7, 11) is 1.60. The van der Waals surface area contributed by atoms with E-state index in [4.69, 9.17) is 14.2 Å². The first-order chi connectivity index (χ1) is 13.6. The molecule has 0 spiro atoms. The van der Waals surface area contributed by atoms with E-state index < -0.39 is 23.6 Å². The number of carbonyl (C=O) groups excluding carboxylic acids is 2. The molecule has 2 aromatic rings. The van der Waals surface area contributed by atoms with Crippen LogP contribution in [0.1, 0.15) is 33.3 Å². The van der Waals surface area contributed by atoms with Gasteiger partial charge in [-0.2, -0.15) is 0 Å². The van der Waals surface area contributed by atoms with Crippen molar-refractivity contribution in [3.05, 3.63) is 42.1 Å². The van der Waals surface area contributed by atoms with Crippen molar-refractivity contribution in [3.8, 4) is 17.4 Å². The predicted molar refractivity (Wildman–Crippen MR) is 110 cm³/mol. The lowest BCUT2D eigenvalue weighted by Crippen LogP contribution is -2.43. The number of rotatable bonds is 6. The van der Waals surface area contributed by atoms with Crippen molar-refractivity contribution in [1.29, 1.82) is 0 Å². The molecule has 1 unspecified atom stereocenters. The minimum atomic E-state index is -0.777. The van der Waals surface area contributed by atoms with E-state index in [9.17, 15) is 9.59 Å². The van der Waals surface area contributed by atoms with E-state index in [1.54, 1.807) is 53.0 Å². The Hall–Kier alpha value is -3.29. The fraction of sp³-hybridized carbons (Fsp3) is 0.381. The maximum atomic E-state index is 12.2. The molecule has 0 saturated heterocycles. The summed E-state index contributed by atoms with van der Waals surface area (Å²) in [5.74, 6) is 1.29. The van der Waals surface area contributed by atoms with Crippen molar-refractivity contribution in [2.24, 2.45) is 0 Å². The van der Waals surface area contributed by atoms with Gasteiger partial charge in [0.2, 0.25) is 11.8 Å². The van der Waals surface area contributed by atoms with Crippen LogP contribution in [-0.2, 0) is 9.53 Å². The normalized spacial score (nSPS) is 11.9. The number of nitrogens with zero attached hydrogens (tertiary/aromatic N) is 1. The lowest BCUT2D eigenvalue weighted by atomic mass is 10.2. The first-order valence-electron chi connectivity index (χ1n) is 9.16. The fourth-order valence-corrected chi connectivity index (χ4v) is 2.30. The van der Waals surface area contributed by atoms with Gasteiger partial charge in [0.05, 0.1) is 19.0 Å². The van der Waals surface area contributed by atoms with Crippen molar-refractivity contribution in [1.82, 2.24) is 10.3 Å². The van der Waals surface area contributed by atoms with Crippen molar-refractivity contribution in [3.63, 3.8) is 0 Å². The zero-order valence-electron chi connectivity index (χ0n) is 17.5. The summed E-state index contributed by atoms with van der Waals surface area (Å²) < 4.78 is 16.1. The van der Waals surface area contributed by atoms with Gasteiger partial charge in [0, 0.05) is 12.1 Å². The molecule has 2 N–H and O–H groups in total. The summed E-state index contributed by atoms with van der Waals surface area (Å²) >= 11 is 0. The number of methoxy groups -OCH3 is 1. The molecule has 0 aliphatic rings.